The Bertz CT molecular complexity index is 1000. The van der Waals surface area contributed by atoms with Gasteiger partial charge in [-0.1, -0.05) is 18.2 Å². The Kier molecular flexibility index (Phi) is 5.58. The number of para-hydroxylation sites is 1. The molecule has 1 aromatic carbocycles. The fourth-order valence-corrected chi connectivity index (χ4v) is 3.37. The molecule has 0 aliphatic carbocycles. The van der Waals surface area contributed by atoms with Crippen LogP contribution in [0.25, 0.3) is 0 Å². The molecule has 0 bridgehead atoms. The summed E-state index contributed by atoms with van der Waals surface area (Å²) in [5, 5.41) is 10.1. The third-order valence-corrected chi connectivity index (χ3v) is 4.96. The number of rotatable bonds is 5. The largest absolute Gasteiger partial charge is 0.421 e. The van der Waals surface area contributed by atoms with Crippen molar-refractivity contribution in [3.63, 3.8) is 0 Å². The monoisotopic (exact) mass is 418 g/mol. The van der Waals surface area contributed by atoms with Crippen LogP contribution in [0.5, 0.6) is 0 Å². The summed E-state index contributed by atoms with van der Waals surface area (Å²) < 4.78 is 47.8. The lowest BCUT2D eigenvalue weighted by molar-refractivity contribution is -0.137. The van der Waals surface area contributed by atoms with Crippen LogP contribution in [0.1, 0.15) is 30.1 Å². The zero-order valence-corrected chi connectivity index (χ0v) is 16.3. The van der Waals surface area contributed by atoms with E-state index in [9.17, 15) is 13.2 Å². The summed E-state index contributed by atoms with van der Waals surface area (Å²) >= 11 is 0. The van der Waals surface area contributed by atoms with Gasteiger partial charge in [-0.3, -0.25) is 4.68 Å². The molecule has 2 N–H and O–H groups in total. The van der Waals surface area contributed by atoms with Gasteiger partial charge < -0.3 is 15.4 Å². The molecule has 7 nitrogen and oxygen atoms in total. The van der Waals surface area contributed by atoms with Gasteiger partial charge in [0, 0.05) is 25.1 Å². The quantitative estimate of drug-likeness (QED) is 0.618. The third-order valence-electron chi connectivity index (χ3n) is 4.96. The first-order chi connectivity index (χ1) is 14.4. The summed E-state index contributed by atoms with van der Waals surface area (Å²) in [7, 11) is 0. The number of alkyl halides is 3. The van der Waals surface area contributed by atoms with Crippen LogP contribution in [0.3, 0.4) is 0 Å². The van der Waals surface area contributed by atoms with Crippen molar-refractivity contribution in [2.45, 2.75) is 32.0 Å². The number of ether oxygens (including phenoxy) is 1. The molecular weight excluding hydrogens is 397 g/mol. The number of aromatic nitrogens is 4. The Balaban J connectivity index is 1.63. The Hall–Kier alpha value is -3.14. The van der Waals surface area contributed by atoms with Crippen LogP contribution in [-0.2, 0) is 10.9 Å². The molecule has 0 amide bonds. The minimum atomic E-state index is -4.60. The molecule has 1 aliphatic rings. The van der Waals surface area contributed by atoms with Crippen molar-refractivity contribution < 1.29 is 17.9 Å². The van der Waals surface area contributed by atoms with Crippen molar-refractivity contribution >= 4 is 23.1 Å². The van der Waals surface area contributed by atoms with Crippen molar-refractivity contribution in [2.75, 3.05) is 23.8 Å². The normalized spacial score (nSPS) is 15.2. The van der Waals surface area contributed by atoms with E-state index in [-0.39, 0.29) is 17.8 Å². The van der Waals surface area contributed by atoms with E-state index in [2.05, 4.69) is 25.7 Å². The highest BCUT2D eigenvalue weighted by Crippen LogP contribution is 2.36. The molecule has 1 saturated heterocycles. The second-order valence-corrected chi connectivity index (χ2v) is 7.00. The van der Waals surface area contributed by atoms with Crippen LogP contribution in [0.2, 0.25) is 0 Å². The van der Waals surface area contributed by atoms with Crippen molar-refractivity contribution in [2.24, 2.45) is 0 Å². The Morgan fingerprint density at radius 3 is 2.50 bits per heavy atom. The van der Waals surface area contributed by atoms with E-state index in [1.165, 1.54) is 6.20 Å². The zero-order chi connectivity index (χ0) is 21.1. The van der Waals surface area contributed by atoms with Gasteiger partial charge in [0.05, 0.1) is 23.6 Å². The fourth-order valence-electron chi connectivity index (χ4n) is 3.37. The number of hydrogen-bond acceptors (Lipinski definition) is 6. The van der Waals surface area contributed by atoms with Crippen LogP contribution in [0, 0.1) is 6.92 Å². The molecule has 158 valence electrons. The van der Waals surface area contributed by atoms with Crippen molar-refractivity contribution in [3.8, 4) is 0 Å². The van der Waals surface area contributed by atoms with Crippen molar-refractivity contribution in [1.29, 1.82) is 0 Å². The number of nitrogens with one attached hydrogen (secondary N) is 2. The highest BCUT2D eigenvalue weighted by molar-refractivity contribution is 5.63. The van der Waals surface area contributed by atoms with E-state index in [1.54, 1.807) is 24.3 Å². The number of halogens is 3. The van der Waals surface area contributed by atoms with E-state index in [0.717, 1.165) is 24.7 Å². The molecule has 30 heavy (non-hydrogen) atoms. The topological polar surface area (TPSA) is 76.9 Å². The summed E-state index contributed by atoms with van der Waals surface area (Å²) in [5.74, 6) is -0.267. The lowest BCUT2D eigenvalue weighted by Crippen LogP contribution is -2.21. The van der Waals surface area contributed by atoms with Crippen LogP contribution < -0.4 is 10.6 Å². The number of nitrogens with zero attached hydrogens (tertiary/aromatic N) is 4. The summed E-state index contributed by atoms with van der Waals surface area (Å²) in [6.45, 7) is 3.11. The average Bonchev–Trinajstić information content (AvgIpc) is 3.09. The maximum atomic E-state index is 13.5. The summed E-state index contributed by atoms with van der Waals surface area (Å²) in [6.07, 6.45) is -0.669. The Morgan fingerprint density at radius 2 is 1.80 bits per heavy atom. The van der Waals surface area contributed by atoms with Gasteiger partial charge in [-0.15, -0.1) is 0 Å². The molecule has 0 saturated carbocycles. The predicted octanol–water partition coefficient (Wildman–Crippen LogP) is 4.84. The van der Waals surface area contributed by atoms with Gasteiger partial charge in [0.2, 0.25) is 5.95 Å². The molecule has 1 aliphatic heterocycles. The number of benzene rings is 1. The standard InChI is InChI=1S/C20H21F3N6O/c1-13-17(12-25-29(13)15-7-9-30-10-8-15)27-18-16(20(21,22)23)11-24-19(28-18)26-14-5-3-2-4-6-14/h2-6,11-12,15H,7-10H2,1H3,(H2,24,26,27,28). The minimum absolute atomic E-state index is 0.0613. The Labute approximate surface area is 171 Å². The van der Waals surface area contributed by atoms with E-state index >= 15 is 0 Å². The lowest BCUT2D eigenvalue weighted by Gasteiger charge is -2.23. The first kappa shape index (κ1) is 20.1. The first-order valence-electron chi connectivity index (χ1n) is 9.57. The van der Waals surface area contributed by atoms with Crippen LogP contribution in [-0.4, -0.2) is 33.0 Å². The van der Waals surface area contributed by atoms with Gasteiger partial charge in [-0.05, 0) is 31.9 Å². The highest BCUT2D eigenvalue weighted by Gasteiger charge is 2.35. The molecule has 0 spiro atoms. The van der Waals surface area contributed by atoms with Gasteiger partial charge >= 0.3 is 6.18 Å². The second-order valence-electron chi connectivity index (χ2n) is 7.00. The van der Waals surface area contributed by atoms with Crippen LogP contribution >= 0.6 is 0 Å². The van der Waals surface area contributed by atoms with Gasteiger partial charge in [-0.2, -0.15) is 23.3 Å². The molecule has 0 radical (unpaired) electrons. The molecule has 2 aromatic heterocycles. The number of anilines is 4. The SMILES string of the molecule is Cc1c(Nc2nc(Nc3ccccc3)ncc2C(F)(F)F)cnn1C1CCOCC1. The third kappa shape index (κ3) is 4.38. The molecule has 0 atom stereocenters. The van der Waals surface area contributed by atoms with Crippen LogP contribution in [0.4, 0.5) is 36.3 Å². The average molecular weight is 418 g/mol. The molecular formula is C20H21F3N6O. The van der Waals surface area contributed by atoms with Gasteiger partial charge in [0.15, 0.2) is 0 Å². The number of hydrogen-bond donors (Lipinski definition) is 2. The van der Waals surface area contributed by atoms with Crippen molar-refractivity contribution in [3.05, 3.63) is 54.0 Å². The van der Waals surface area contributed by atoms with Crippen LogP contribution in [0.15, 0.2) is 42.7 Å². The van der Waals surface area contributed by atoms with E-state index in [1.807, 2.05) is 17.7 Å². The predicted molar refractivity (Wildman–Crippen MR) is 106 cm³/mol. The second kappa shape index (κ2) is 8.31. The smallest absolute Gasteiger partial charge is 0.381 e. The molecule has 0 unspecified atom stereocenters. The maximum absolute atomic E-state index is 13.5. The van der Waals surface area contributed by atoms with Crippen molar-refractivity contribution in [1.82, 2.24) is 19.7 Å². The van der Waals surface area contributed by atoms with E-state index in [0.29, 0.717) is 24.6 Å². The Morgan fingerprint density at radius 1 is 1.07 bits per heavy atom. The molecule has 3 aromatic rings. The maximum Gasteiger partial charge on any atom is 0.421 e. The summed E-state index contributed by atoms with van der Waals surface area (Å²) in [5.41, 5.74) is 0.939. The summed E-state index contributed by atoms with van der Waals surface area (Å²) in [4.78, 5) is 7.91. The van der Waals surface area contributed by atoms with E-state index < -0.39 is 11.7 Å². The molecule has 1 fully saturated rings. The minimum Gasteiger partial charge on any atom is -0.381 e. The molecule has 3 heterocycles. The zero-order valence-electron chi connectivity index (χ0n) is 16.3. The molecule has 10 heteroatoms. The summed E-state index contributed by atoms with van der Waals surface area (Å²) in [6, 6.07) is 9.16. The molecule has 4 rings (SSSR count). The van der Waals surface area contributed by atoms with Gasteiger partial charge in [-0.25, -0.2) is 4.98 Å². The van der Waals surface area contributed by atoms with E-state index in [4.69, 9.17) is 4.74 Å². The van der Waals surface area contributed by atoms with Gasteiger partial charge in [0.25, 0.3) is 0 Å². The highest BCUT2D eigenvalue weighted by atomic mass is 19.4. The van der Waals surface area contributed by atoms with Gasteiger partial charge in [0.1, 0.15) is 11.4 Å². The lowest BCUT2D eigenvalue weighted by atomic mass is 10.1. The fraction of sp³-hybridized carbons (Fsp3) is 0.350. The first-order valence-corrected chi connectivity index (χ1v) is 9.57.